The summed E-state index contributed by atoms with van der Waals surface area (Å²) in [5, 5.41) is 3.43. The number of rotatable bonds is 1. The third-order valence-corrected chi connectivity index (χ3v) is 1.89. The number of alkyl halides is 3. The average Bonchev–Trinajstić information content (AvgIpc) is 2.64. The molecule has 0 atom stereocenters. The standard InChI is InChI=1S/C9H6F3N3O/c10-9(11,12)6-3-1-2-5(4-6)7-14-8(13)16-15-7/h1-4H,(H2,13,14,15). The predicted octanol–water partition coefficient (Wildman–Crippen LogP) is 2.34. The van der Waals surface area contributed by atoms with Crippen LogP contribution in [0.5, 0.6) is 0 Å². The molecule has 0 saturated heterocycles. The molecule has 0 bridgehead atoms. The first-order valence-corrected chi connectivity index (χ1v) is 4.23. The largest absolute Gasteiger partial charge is 0.416 e. The Hall–Kier alpha value is -2.05. The number of anilines is 1. The van der Waals surface area contributed by atoms with E-state index in [1.54, 1.807) is 0 Å². The van der Waals surface area contributed by atoms with Crippen LogP contribution in [0.3, 0.4) is 0 Å². The third-order valence-electron chi connectivity index (χ3n) is 1.89. The van der Waals surface area contributed by atoms with E-state index < -0.39 is 11.7 Å². The van der Waals surface area contributed by atoms with Crippen LogP contribution in [0.4, 0.5) is 19.2 Å². The van der Waals surface area contributed by atoms with E-state index in [2.05, 4.69) is 14.7 Å². The lowest BCUT2D eigenvalue weighted by Gasteiger charge is -2.06. The van der Waals surface area contributed by atoms with Crippen molar-refractivity contribution in [3.05, 3.63) is 29.8 Å². The molecule has 0 saturated carbocycles. The number of hydrogen-bond acceptors (Lipinski definition) is 4. The van der Waals surface area contributed by atoms with Crippen LogP contribution in [0.1, 0.15) is 5.56 Å². The van der Waals surface area contributed by atoms with Gasteiger partial charge in [0.1, 0.15) is 0 Å². The Labute approximate surface area is 87.9 Å². The molecule has 0 aliphatic heterocycles. The van der Waals surface area contributed by atoms with Gasteiger partial charge in [0.15, 0.2) is 0 Å². The van der Waals surface area contributed by atoms with Crippen LogP contribution in [0.2, 0.25) is 0 Å². The minimum absolute atomic E-state index is 0.0311. The maximum atomic E-state index is 12.4. The summed E-state index contributed by atoms with van der Waals surface area (Å²) < 4.78 is 41.7. The highest BCUT2D eigenvalue weighted by atomic mass is 19.4. The van der Waals surface area contributed by atoms with Gasteiger partial charge in [-0.25, -0.2) is 0 Å². The van der Waals surface area contributed by atoms with Crippen molar-refractivity contribution >= 4 is 6.01 Å². The van der Waals surface area contributed by atoms with Crippen molar-refractivity contribution in [2.75, 3.05) is 5.73 Å². The lowest BCUT2D eigenvalue weighted by molar-refractivity contribution is -0.137. The Bertz CT molecular complexity index is 507. The second kappa shape index (κ2) is 3.51. The summed E-state index contributed by atoms with van der Waals surface area (Å²) in [6.07, 6.45) is -4.40. The van der Waals surface area contributed by atoms with Gasteiger partial charge in [0, 0.05) is 5.56 Å². The molecule has 0 aliphatic carbocycles. The molecular formula is C9H6F3N3O. The van der Waals surface area contributed by atoms with E-state index in [9.17, 15) is 13.2 Å². The molecule has 2 aromatic rings. The van der Waals surface area contributed by atoms with Gasteiger partial charge in [0.25, 0.3) is 0 Å². The van der Waals surface area contributed by atoms with Gasteiger partial charge in [-0.1, -0.05) is 17.3 Å². The lowest BCUT2D eigenvalue weighted by atomic mass is 10.1. The summed E-state index contributed by atoms with van der Waals surface area (Å²) in [5.74, 6) is 0.0311. The zero-order valence-electron chi connectivity index (χ0n) is 7.82. The first kappa shape index (κ1) is 10.5. The molecule has 2 N–H and O–H groups in total. The fourth-order valence-electron chi connectivity index (χ4n) is 1.19. The minimum Gasteiger partial charge on any atom is -0.351 e. The van der Waals surface area contributed by atoms with E-state index in [-0.39, 0.29) is 17.4 Å². The molecule has 0 aliphatic rings. The first-order valence-electron chi connectivity index (χ1n) is 4.23. The van der Waals surface area contributed by atoms with E-state index in [1.165, 1.54) is 12.1 Å². The molecular weight excluding hydrogens is 223 g/mol. The number of nitrogens with zero attached hydrogens (tertiary/aromatic N) is 2. The third kappa shape index (κ3) is 1.97. The summed E-state index contributed by atoms with van der Waals surface area (Å²) in [5.41, 5.74) is 4.61. The van der Waals surface area contributed by atoms with Crippen LogP contribution < -0.4 is 5.73 Å². The molecule has 0 radical (unpaired) electrons. The Morgan fingerprint density at radius 2 is 2.00 bits per heavy atom. The van der Waals surface area contributed by atoms with E-state index in [1.807, 2.05) is 0 Å². The molecule has 0 spiro atoms. The number of benzene rings is 1. The number of nitrogen functional groups attached to an aromatic ring is 1. The Balaban J connectivity index is 2.44. The van der Waals surface area contributed by atoms with Gasteiger partial charge in [0.05, 0.1) is 5.56 Å². The van der Waals surface area contributed by atoms with E-state index >= 15 is 0 Å². The Morgan fingerprint density at radius 1 is 1.25 bits per heavy atom. The second-order valence-electron chi connectivity index (χ2n) is 3.03. The first-order chi connectivity index (χ1) is 7.47. The SMILES string of the molecule is Nc1nc(-c2cccc(C(F)(F)F)c2)no1. The molecule has 0 unspecified atom stereocenters. The molecule has 1 aromatic heterocycles. The molecule has 16 heavy (non-hydrogen) atoms. The van der Waals surface area contributed by atoms with Crippen LogP contribution in [0, 0.1) is 0 Å². The highest BCUT2D eigenvalue weighted by Gasteiger charge is 2.30. The van der Waals surface area contributed by atoms with Gasteiger partial charge in [-0.15, -0.1) is 0 Å². The van der Waals surface area contributed by atoms with E-state index in [0.717, 1.165) is 12.1 Å². The molecule has 2 rings (SSSR count). The smallest absolute Gasteiger partial charge is 0.351 e. The van der Waals surface area contributed by atoms with Crippen molar-refractivity contribution in [3.8, 4) is 11.4 Å². The van der Waals surface area contributed by atoms with Gasteiger partial charge in [0.2, 0.25) is 5.82 Å². The molecule has 1 heterocycles. The van der Waals surface area contributed by atoms with Gasteiger partial charge in [-0.3, -0.25) is 0 Å². The fraction of sp³-hybridized carbons (Fsp3) is 0.111. The summed E-state index contributed by atoms with van der Waals surface area (Å²) in [6, 6.07) is 4.42. The number of aromatic nitrogens is 2. The minimum atomic E-state index is -4.40. The predicted molar refractivity (Wildman–Crippen MR) is 49.1 cm³/mol. The van der Waals surface area contributed by atoms with E-state index in [0.29, 0.717) is 0 Å². The van der Waals surface area contributed by atoms with E-state index in [4.69, 9.17) is 5.73 Å². The quantitative estimate of drug-likeness (QED) is 0.815. The van der Waals surface area contributed by atoms with Crippen molar-refractivity contribution < 1.29 is 17.7 Å². The summed E-state index contributed by atoms with van der Waals surface area (Å²) in [4.78, 5) is 3.64. The number of nitrogens with two attached hydrogens (primary N) is 1. The molecule has 84 valence electrons. The topological polar surface area (TPSA) is 64.9 Å². The lowest BCUT2D eigenvalue weighted by Crippen LogP contribution is -2.04. The average molecular weight is 229 g/mol. The van der Waals surface area contributed by atoms with Crippen molar-refractivity contribution in [2.45, 2.75) is 6.18 Å². The van der Waals surface area contributed by atoms with Crippen LogP contribution in [-0.4, -0.2) is 10.1 Å². The maximum Gasteiger partial charge on any atom is 0.416 e. The summed E-state index contributed by atoms with van der Waals surface area (Å²) >= 11 is 0. The van der Waals surface area contributed by atoms with Gasteiger partial charge in [-0.05, 0) is 12.1 Å². The van der Waals surface area contributed by atoms with Crippen LogP contribution in [0.25, 0.3) is 11.4 Å². The zero-order chi connectivity index (χ0) is 11.8. The summed E-state index contributed by atoms with van der Waals surface area (Å²) in [7, 11) is 0. The van der Waals surface area contributed by atoms with Gasteiger partial charge >= 0.3 is 12.2 Å². The van der Waals surface area contributed by atoms with Crippen molar-refractivity contribution in [1.82, 2.24) is 10.1 Å². The molecule has 7 heteroatoms. The molecule has 0 amide bonds. The monoisotopic (exact) mass is 229 g/mol. The van der Waals surface area contributed by atoms with Crippen LogP contribution >= 0.6 is 0 Å². The summed E-state index contributed by atoms with van der Waals surface area (Å²) in [6.45, 7) is 0. The normalized spacial score (nSPS) is 11.7. The fourth-order valence-corrected chi connectivity index (χ4v) is 1.19. The highest BCUT2D eigenvalue weighted by molar-refractivity contribution is 5.56. The number of halogens is 3. The Kier molecular flexibility index (Phi) is 2.30. The highest BCUT2D eigenvalue weighted by Crippen LogP contribution is 2.31. The Morgan fingerprint density at radius 3 is 2.56 bits per heavy atom. The maximum absolute atomic E-state index is 12.4. The zero-order valence-corrected chi connectivity index (χ0v) is 7.82. The van der Waals surface area contributed by atoms with Crippen molar-refractivity contribution in [2.24, 2.45) is 0 Å². The molecule has 4 nitrogen and oxygen atoms in total. The van der Waals surface area contributed by atoms with Gasteiger partial charge in [-0.2, -0.15) is 18.2 Å². The van der Waals surface area contributed by atoms with Crippen molar-refractivity contribution in [3.63, 3.8) is 0 Å². The molecule has 0 fully saturated rings. The van der Waals surface area contributed by atoms with Crippen molar-refractivity contribution in [1.29, 1.82) is 0 Å². The van der Waals surface area contributed by atoms with Crippen LogP contribution in [-0.2, 0) is 6.18 Å². The number of hydrogen-bond donors (Lipinski definition) is 1. The second-order valence-corrected chi connectivity index (χ2v) is 3.03. The molecule has 1 aromatic carbocycles. The van der Waals surface area contributed by atoms with Crippen LogP contribution in [0.15, 0.2) is 28.8 Å². The van der Waals surface area contributed by atoms with Gasteiger partial charge < -0.3 is 10.3 Å².